The van der Waals surface area contributed by atoms with Gasteiger partial charge >= 0.3 is 5.63 Å². The summed E-state index contributed by atoms with van der Waals surface area (Å²) in [6, 6.07) is 8.60. The number of rotatable bonds is 2. The topological polar surface area (TPSA) is 77.1 Å². The number of aryl methyl sites for hydroxylation is 2. The van der Waals surface area contributed by atoms with Gasteiger partial charge in [-0.15, -0.1) is 0 Å². The van der Waals surface area contributed by atoms with Crippen LogP contribution in [0.1, 0.15) is 21.7 Å². The minimum absolute atomic E-state index is 0.0265. The molecule has 0 fully saturated rings. The maximum absolute atomic E-state index is 12.4. The average Bonchev–Trinajstić information content (AvgIpc) is 2.73. The van der Waals surface area contributed by atoms with Gasteiger partial charge in [0.2, 0.25) is 0 Å². The largest absolute Gasteiger partial charge is 0.422 e. The molecule has 0 unspecified atom stereocenters. The number of amides is 1. The van der Waals surface area contributed by atoms with Crippen LogP contribution in [0.5, 0.6) is 0 Å². The Bertz CT molecular complexity index is 937. The van der Waals surface area contributed by atoms with E-state index in [1.165, 1.54) is 6.07 Å². The smallest absolute Gasteiger partial charge is 0.349 e. The molecule has 0 aliphatic rings. The number of para-hydroxylation sites is 1. The molecule has 0 spiro atoms. The Kier molecular flexibility index (Phi) is 3.29. The zero-order valence-electron chi connectivity index (χ0n) is 12.5. The van der Waals surface area contributed by atoms with Gasteiger partial charge in [-0.1, -0.05) is 18.2 Å². The van der Waals surface area contributed by atoms with E-state index in [9.17, 15) is 9.59 Å². The quantitative estimate of drug-likeness (QED) is 0.737. The predicted molar refractivity (Wildman–Crippen MR) is 83.1 cm³/mol. The second kappa shape index (κ2) is 5.14. The summed E-state index contributed by atoms with van der Waals surface area (Å²) in [5.74, 6) is -0.501. The second-order valence-corrected chi connectivity index (χ2v) is 5.11. The Balaban J connectivity index is 2.02. The number of carbonyl (C=O) groups excluding carboxylic acids is 1. The molecule has 0 aliphatic heterocycles. The summed E-state index contributed by atoms with van der Waals surface area (Å²) in [4.78, 5) is 24.4. The van der Waals surface area contributed by atoms with Crippen molar-refractivity contribution >= 4 is 22.6 Å². The average molecular weight is 297 g/mol. The van der Waals surface area contributed by atoms with Crippen LogP contribution in [0.25, 0.3) is 11.0 Å². The van der Waals surface area contributed by atoms with E-state index in [1.54, 1.807) is 36.9 Å². The normalized spacial score (nSPS) is 10.9. The fraction of sp³-hybridized carbons (Fsp3) is 0.188. The highest BCUT2D eigenvalue weighted by atomic mass is 16.4. The monoisotopic (exact) mass is 297 g/mol. The van der Waals surface area contributed by atoms with Gasteiger partial charge < -0.3 is 9.73 Å². The van der Waals surface area contributed by atoms with Crippen LogP contribution in [0.4, 0.5) is 5.69 Å². The number of fused-ring (bicyclic) bond motifs is 1. The van der Waals surface area contributed by atoms with Crippen LogP contribution in [0.15, 0.2) is 39.5 Å². The lowest BCUT2D eigenvalue weighted by Gasteiger charge is -2.05. The Labute approximate surface area is 126 Å². The molecule has 3 aromatic rings. The molecule has 6 nitrogen and oxygen atoms in total. The predicted octanol–water partition coefficient (Wildman–Crippen LogP) is 2.40. The van der Waals surface area contributed by atoms with Crippen molar-refractivity contribution in [2.45, 2.75) is 13.8 Å². The van der Waals surface area contributed by atoms with Crippen molar-refractivity contribution in [3.8, 4) is 0 Å². The number of aromatic nitrogens is 2. The minimum Gasteiger partial charge on any atom is -0.422 e. The molecule has 0 radical (unpaired) electrons. The Hall–Kier alpha value is -2.89. The molecule has 0 bridgehead atoms. The molecule has 22 heavy (non-hydrogen) atoms. The first-order chi connectivity index (χ1) is 10.5. The summed E-state index contributed by atoms with van der Waals surface area (Å²) in [5.41, 5.74) is 1.89. The van der Waals surface area contributed by atoms with Gasteiger partial charge in [0.05, 0.1) is 17.1 Å². The van der Waals surface area contributed by atoms with E-state index >= 15 is 0 Å². The number of hydrogen-bond acceptors (Lipinski definition) is 4. The highest BCUT2D eigenvalue weighted by Gasteiger charge is 2.17. The van der Waals surface area contributed by atoms with Crippen LogP contribution in [-0.2, 0) is 7.05 Å². The van der Waals surface area contributed by atoms with Crippen LogP contribution in [0, 0.1) is 13.8 Å². The van der Waals surface area contributed by atoms with Crippen molar-refractivity contribution < 1.29 is 9.21 Å². The molecule has 1 N–H and O–H groups in total. The maximum Gasteiger partial charge on any atom is 0.349 e. The van der Waals surface area contributed by atoms with Gasteiger partial charge in [0, 0.05) is 12.4 Å². The molecule has 0 saturated heterocycles. The third kappa shape index (κ3) is 2.28. The molecular weight excluding hydrogens is 282 g/mol. The molecule has 2 heterocycles. The zero-order valence-corrected chi connectivity index (χ0v) is 12.5. The van der Waals surface area contributed by atoms with E-state index in [1.807, 2.05) is 13.0 Å². The summed E-state index contributed by atoms with van der Waals surface area (Å²) in [5, 5.41) is 7.67. The molecule has 0 saturated carbocycles. The van der Waals surface area contributed by atoms with Crippen LogP contribution < -0.4 is 10.9 Å². The molecule has 0 atom stereocenters. The van der Waals surface area contributed by atoms with E-state index < -0.39 is 11.5 Å². The van der Waals surface area contributed by atoms with E-state index in [0.29, 0.717) is 22.4 Å². The van der Waals surface area contributed by atoms with Crippen LogP contribution in [-0.4, -0.2) is 15.7 Å². The summed E-state index contributed by atoms with van der Waals surface area (Å²) in [6.07, 6.45) is 0. The molecular formula is C16H15N3O3. The highest BCUT2D eigenvalue weighted by Crippen LogP contribution is 2.19. The third-order valence-electron chi connectivity index (χ3n) is 3.63. The molecule has 0 aliphatic carbocycles. The fourth-order valence-electron chi connectivity index (χ4n) is 2.36. The molecule has 1 aromatic carbocycles. The molecule has 1 amide bonds. The lowest BCUT2D eigenvalue weighted by molar-refractivity contribution is 0.102. The Morgan fingerprint density at radius 3 is 2.68 bits per heavy atom. The van der Waals surface area contributed by atoms with Crippen molar-refractivity contribution in [3.63, 3.8) is 0 Å². The summed E-state index contributed by atoms with van der Waals surface area (Å²) < 4.78 is 6.85. The number of anilines is 1. The third-order valence-corrected chi connectivity index (χ3v) is 3.63. The van der Waals surface area contributed by atoms with Crippen molar-refractivity contribution in [1.82, 2.24) is 9.78 Å². The Morgan fingerprint density at radius 1 is 1.27 bits per heavy atom. The van der Waals surface area contributed by atoms with Gasteiger partial charge in [0.15, 0.2) is 0 Å². The minimum atomic E-state index is -0.657. The fourth-order valence-corrected chi connectivity index (χ4v) is 2.36. The standard InChI is InChI=1S/C16H15N3O3/c1-9-14(10(2)19(3)18-9)17-15(20)12-8-11-6-4-5-7-13(11)22-16(12)21/h4-8H,1-3H3,(H,17,20). The number of hydrogen-bond donors (Lipinski definition) is 1. The lowest BCUT2D eigenvalue weighted by atomic mass is 10.1. The zero-order chi connectivity index (χ0) is 15.9. The lowest BCUT2D eigenvalue weighted by Crippen LogP contribution is -2.21. The molecule has 112 valence electrons. The number of benzene rings is 1. The maximum atomic E-state index is 12.4. The van der Waals surface area contributed by atoms with E-state index in [4.69, 9.17) is 4.42 Å². The van der Waals surface area contributed by atoms with Gasteiger partial charge in [-0.2, -0.15) is 5.10 Å². The first-order valence-electron chi connectivity index (χ1n) is 6.82. The van der Waals surface area contributed by atoms with Crippen molar-refractivity contribution in [3.05, 3.63) is 57.7 Å². The van der Waals surface area contributed by atoms with Crippen molar-refractivity contribution in [2.75, 3.05) is 5.32 Å². The van der Waals surface area contributed by atoms with Crippen LogP contribution >= 0.6 is 0 Å². The van der Waals surface area contributed by atoms with Gasteiger partial charge in [-0.05, 0) is 26.0 Å². The molecule has 6 heteroatoms. The number of nitrogens with one attached hydrogen (secondary N) is 1. The van der Waals surface area contributed by atoms with Gasteiger partial charge in [-0.25, -0.2) is 4.79 Å². The first kappa shape index (κ1) is 14.1. The van der Waals surface area contributed by atoms with Gasteiger partial charge in [-0.3, -0.25) is 9.48 Å². The van der Waals surface area contributed by atoms with Crippen LogP contribution in [0.3, 0.4) is 0 Å². The van der Waals surface area contributed by atoms with E-state index in [0.717, 1.165) is 5.69 Å². The SMILES string of the molecule is Cc1nn(C)c(C)c1NC(=O)c1cc2ccccc2oc1=O. The molecule has 3 rings (SSSR count). The van der Waals surface area contributed by atoms with Gasteiger partial charge in [0.25, 0.3) is 5.91 Å². The van der Waals surface area contributed by atoms with Gasteiger partial charge in [0.1, 0.15) is 11.1 Å². The molecule has 2 aromatic heterocycles. The highest BCUT2D eigenvalue weighted by molar-refractivity contribution is 6.05. The van der Waals surface area contributed by atoms with E-state index in [2.05, 4.69) is 10.4 Å². The number of nitrogens with zero attached hydrogens (tertiary/aromatic N) is 2. The number of carbonyl (C=O) groups is 1. The summed E-state index contributed by atoms with van der Waals surface area (Å²) in [7, 11) is 1.79. The second-order valence-electron chi connectivity index (χ2n) is 5.11. The van der Waals surface area contributed by atoms with Crippen molar-refractivity contribution in [2.24, 2.45) is 7.05 Å². The van der Waals surface area contributed by atoms with E-state index in [-0.39, 0.29) is 5.56 Å². The van der Waals surface area contributed by atoms with Crippen LogP contribution in [0.2, 0.25) is 0 Å². The summed E-state index contributed by atoms with van der Waals surface area (Å²) in [6.45, 7) is 3.64. The first-order valence-corrected chi connectivity index (χ1v) is 6.82. The van der Waals surface area contributed by atoms with Crippen molar-refractivity contribution in [1.29, 1.82) is 0 Å². The summed E-state index contributed by atoms with van der Waals surface area (Å²) >= 11 is 0. The Morgan fingerprint density at radius 2 is 2.00 bits per heavy atom.